The van der Waals surface area contributed by atoms with E-state index in [1.54, 1.807) is 7.05 Å². The maximum Gasteiger partial charge on any atom is 0.239 e. The minimum Gasteiger partial charge on any atom is -0.490 e. The standard InChI is InChI=1S/C13H14BrN3O2/c1-3-18-9-6-4-5-7-10(9)19-13-11(14)12(15-2)16-8-17-13/h4-8H,3H2,1-2H3,(H,15,16,17). The minimum absolute atomic E-state index is 0.437. The van der Waals surface area contributed by atoms with E-state index in [1.165, 1.54) is 6.33 Å². The first-order valence-corrected chi connectivity index (χ1v) is 6.63. The minimum atomic E-state index is 0.437. The molecule has 0 bridgehead atoms. The second kappa shape index (κ2) is 6.38. The van der Waals surface area contributed by atoms with Crippen LogP contribution in [0.4, 0.5) is 5.82 Å². The number of aromatic nitrogens is 2. The molecule has 0 radical (unpaired) electrons. The van der Waals surface area contributed by atoms with E-state index in [0.29, 0.717) is 34.3 Å². The second-order valence-corrected chi connectivity index (χ2v) is 4.37. The molecule has 0 saturated heterocycles. The van der Waals surface area contributed by atoms with Gasteiger partial charge in [0.1, 0.15) is 16.6 Å². The third-order valence-corrected chi connectivity index (χ3v) is 3.06. The molecular formula is C13H14BrN3O2. The van der Waals surface area contributed by atoms with Crippen LogP contribution in [0, 0.1) is 0 Å². The summed E-state index contributed by atoms with van der Waals surface area (Å²) in [6.07, 6.45) is 1.44. The Kier molecular flexibility index (Phi) is 4.57. The first kappa shape index (κ1) is 13.6. The van der Waals surface area contributed by atoms with Crippen LogP contribution in [-0.2, 0) is 0 Å². The molecule has 0 aliphatic rings. The molecule has 19 heavy (non-hydrogen) atoms. The van der Waals surface area contributed by atoms with Crippen LogP contribution in [0.2, 0.25) is 0 Å². The van der Waals surface area contributed by atoms with Gasteiger partial charge in [0.15, 0.2) is 11.5 Å². The molecule has 0 unspecified atom stereocenters. The molecule has 1 N–H and O–H groups in total. The molecule has 0 spiro atoms. The molecule has 0 aliphatic heterocycles. The largest absolute Gasteiger partial charge is 0.490 e. The van der Waals surface area contributed by atoms with Crippen molar-refractivity contribution in [2.24, 2.45) is 0 Å². The van der Waals surface area contributed by atoms with Gasteiger partial charge in [-0.3, -0.25) is 0 Å². The second-order valence-electron chi connectivity index (χ2n) is 3.57. The average Bonchev–Trinajstić information content (AvgIpc) is 2.43. The highest BCUT2D eigenvalue weighted by atomic mass is 79.9. The number of hydrogen-bond donors (Lipinski definition) is 1. The van der Waals surface area contributed by atoms with Crippen molar-refractivity contribution in [2.75, 3.05) is 19.0 Å². The Bertz CT molecular complexity index is 563. The maximum absolute atomic E-state index is 5.77. The fourth-order valence-corrected chi connectivity index (χ4v) is 2.00. The van der Waals surface area contributed by atoms with Gasteiger partial charge < -0.3 is 14.8 Å². The number of benzene rings is 1. The van der Waals surface area contributed by atoms with Crippen LogP contribution in [0.3, 0.4) is 0 Å². The lowest BCUT2D eigenvalue weighted by atomic mass is 10.3. The van der Waals surface area contributed by atoms with Gasteiger partial charge in [-0.05, 0) is 35.0 Å². The zero-order valence-corrected chi connectivity index (χ0v) is 12.3. The summed E-state index contributed by atoms with van der Waals surface area (Å²) in [7, 11) is 1.78. The molecule has 0 aliphatic carbocycles. The van der Waals surface area contributed by atoms with Crippen LogP contribution in [0.1, 0.15) is 6.92 Å². The molecule has 0 amide bonds. The fraction of sp³-hybridized carbons (Fsp3) is 0.231. The van der Waals surface area contributed by atoms with E-state index in [1.807, 2.05) is 31.2 Å². The SMILES string of the molecule is CCOc1ccccc1Oc1ncnc(NC)c1Br. The van der Waals surface area contributed by atoms with Gasteiger partial charge in [-0.25, -0.2) is 9.97 Å². The van der Waals surface area contributed by atoms with Gasteiger partial charge >= 0.3 is 0 Å². The maximum atomic E-state index is 5.77. The van der Waals surface area contributed by atoms with E-state index < -0.39 is 0 Å². The van der Waals surface area contributed by atoms with Crippen molar-refractivity contribution < 1.29 is 9.47 Å². The molecule has 0 fully saturated rings. The Hall–Kier alpha value is -1.82. The van der Waals surface area contributed by atoms with Crippen LogP contribution < -0.4 is 14.8 Å². The first-order valence-electron chi connectivity index (χ1n) is 5.84. The summed E-state index contributed by atoms with van der Waals surface area (Å²) in [5, 5.41) is 2.95. The average molecular weight is 324 g/mol. The van der Waals surface area contributed by atoms with Crippen molar-refractivity contribution in [3.05, 3.63) is 35.1 Å². The number of hydrogen-bond acceptors (Lipinski definition) is 5. The van der Waals surface area contributed by atoms with Gasteiger partial charge in [-0.15, -0.1) is 0 Å². The zero-order valence-electron chi connectivity index (χ0n) is 10.7. The van der Waals surface area contributed by atoms with Crippen LogP contribution in [0.25, 0.3) is 0 Å². The predicted octanol–water partition coefficient (Wildman–Crippen LogP) is 3.47. The Labute approximate surface area is 120 Å². The van der Waals surface area contributed by atoms with Gasteiger partial charge in [0.05, 0.1) is 6.61 Å². The van der Waals surface area contributed by atoms with E-state index >= 15 is 0 Å². The number of halogens is 1. The number of anilines is 1. The van der Waals surface area contributed by atoms with Crippen molar-refractivity contribution in [3.63, 3.8) is 0 Å². The van der Waals surface area contributed by atoms with Crippen molar-refractivity contribution in [1.29, 1.82) is 0 Å². The van der Waals surface area contributed by atoms with E-state index in [2.05, 4.69) is 31.2 Å². The van der Waals surface area contributed by atoms with Crippen molar-refractivity contribution in [2.45, 2.75) is 6.92 Å². The summed E-state index contributed by atoms with van der Waals surface area (Å²) in [4.78, 5) is 8.19. The van der Waals surface area contributed by atoms with E-state index in [9.17, 15) is 0 Å². The zero-order chi connectivity index (χ0) is 13.7. The third kappa shape index (κ3) is 3.14. The number of ether oxygens (including phenoxy) is 2. The lowest BCUT2D eigenvalue weighted by Gasteiger charge is -2.12. The van der Waals surface area contributed by atoms with Crippen molar-refractivity contribution >= 4 is 21.7 Å². The molecule has 1 aromatic heterocycles. The highest BCUT2D eigenvalue weighted by molar-refractivity contribution is 9.10. The Morgan fingerprint density at radius 2 is 1.95 bits per heavy atom. The third-order valence-electron chi connectivity index (χ3n) is 2.35. The smallest absolute Gasteiger partial charge is 0.239 e. The molecule has 6 heteroatoms. The van der Waals surface area contributed by atoms with E-state index in [-0.39, 0.29) is 0 Å². The number of para-hydroxylation sites is 2. The highest BCUT2D eigenvalue weighted by Crippen LogP contribution is 2.35. The topological polar surface area (TPSA) is 56.3 Å². The Morgan fingerprint density at radius 1 is 1.21 bits per heavy atom. The molecule has 1 heterocycles. The van der Waals surface area contributed by atoms with Gasteiger partial charge in [-0.2, -0.15) is 0 Å². The molecule has 100 valence electrons. The van der Waals surface area contributed by atoms with Gasteiger partial charge in [0.25, 0.3) is 0 Å². The molecule has 2 rings (SSSR count). The summed E-state index contributed by atoms with van der Waals surface area (Å²) in [5.74, 6) is 2.40. The molecular weight excluding hydrogens is 310 g/mol. The highest BCUT2D eigenvalue weighted by Gasteiger charge is 2.12. The number of nitrogens with one attached hydrogen (secondary N) is 1. The molecule has 2 aromatic rings. The van der Waals surface area contributed by atoms with Crippen LogP contribution in [0.5, 0.6) is 17.4 Å². The molecule has 0 saturated carbocycles. The fourth-order valence-electron chi connectivity index (χ4n) is 1.51. The lowest BCUT2D eigenvalue weighted by Crippen LogP contribution is -1.99. The molecule has 5 nitrogen and oxygen atoms in total. The van der Waals surface area contributed by atoms with Crippen LogP contribution in [-0.4, -0.2) is 23.6 Å². The number of nitrogens with zero attached hydrogens (tertiary/aromatic N) is 2. The normalized spacial score (nSPS) is 10.1. The van der Waals surface area contributed by atoms with Crippen molar-refractivity contribution in [3.8, 4) is 17.4 Å². The summed E-state index contributed by atoms with van der Waals surface area (Å²) in [6.45, 7) is 2.50. The van der Waals surface area contributed by atoms with Crippen LogP contribution >= 0.6 is 15.9 Å². The van der Waals surface area contributed by atoms with Gasteiger partial charge in [-0.1, -0.05) is 12.1 Å². The quantitative estimate of drug-likeness (QED) is 0.913. The molecule has 0 atom stereocenters. The monoisotopic (exact) mass is 323 g/mol. The Balaban J connectivity index is 2.31. The predicted molar refractivity (Wildman–Crippen MR) is 77.0 cm³/mol. The van der Waals surface area contributed by atoms with Gasteiger partial charge in [0.2, 0.25) is 5.88 Å². The number of rotatable bonds is 5. The lowest BCUT2D eigenvalue weighted by molar-refractivity contribution is 0.319. The van der Waals surface area contributed by atoms with Crippen molar-refractivity contribution in [1.82, 2.24) is 9.97 Å². The van der Waals surface area contributed by atoms with Gasteiger partial charge in [0, 0.05) is 7.05 Å². The van der Waals surface area contributed by atoms with E-state index in [4.69, 9.17) is 9.47 Å². The Morgan fingerprint density at radius 3 is 2.63 bits per heavy atom. The summed E-state index contributed by atoms with van der Waals surface area (Å²) in [5.41, 5.74) is 0. The first-order chi connectivity index (χ1) is 9.26. The van der Waals surface area contributed by atoms with E-state index in [0.717, 1.165) is 0 Å². The summed E-state index contributed by atoms with van der Waals surface area (Å²) < 4.78 is 11.9. The molecule has 1 aromatic carbocycles. The van der Waals surface area contributed by atoms with Crippen LogP contribution in [0.15, 0.2) is 35.1 Å². The summed E-state index contributed by atoms with van der Waals surface area (Å²) in [6, 6.07) is 7.46. The summed E-state index contributed by atoms with van der Waals surface area (Å²) >= 11 is 3.41.